The zero-order chi connectivity index (χ0) is 10.6. The van der Waals surface area contributed by atoms with Gasteiger partial charge in [-0.25, -0.2) is 0 Å². The number of carbonyl (C=O) groups excluding carboxylic acids is 1. The quantitative estimate of drug-likeness (QED) is 0.690. The van der Waals surface area contributed by atoms with Crippen molar-refractivity contribution < 1.29 is 14.3 Å². The van der Waals surface area contributed by atoms with Crippen molar-refractivity contribution in [3.63, 3.8) is 0 Å². The summed E-state index contributed by atoms with van der Waals surface area (Å²) in [4.78, 5) is 11.2. The summed E-state index contributed by atoms with van der Waals surface area (Å²) in [5, 5.41) is 0. The molecule has 0 aliphatic carbocycles. The first-order chi connectivity index (χ1) is 6.69. The van der Waals surface area contributed by atoms with Crippen LogP contribution in [0.2, 0.25) is 0 Å². The van der Waals surface area contributed by atoms with Gasteiger partial charge in [0.25, 0.3) is 0 Å². The van der Waals surface area contributed by atoms with Crippen LogP contribution in [0.4, 0.5) is 0 Å². The molecule has 1 rings (SSSR count). The Morgan fingerprint density at radius 2 is 2.07 bits per heavy atom. The molecule has 1 aromatic rings. The van der Waals surface area contributed by atoms with Gasteiger partial charge < -0.3 is 9.47 Å². The van der Waals surface area contributed by atoms with E-state index in [0.717, 1.165) is 11.3 Å². The van der Waals surface area contributed by atoms with Crippen LogP contribution in [0.15, 0.2) is 24.3 Å². The fourth-order valence-electron chi connectivity index (χ4n) is 1.22. The van der Waals surface area contributed by atoms with Gasteiger partial charge in [-0.2, -0.15) is 0 Å². The summed E-state index contributed by atoms with van der Waals surface area (Å²) in [6.07, 6.45) is 0. The molecule has 0 bridgehead atoms. The molecule has 0 spiro atoms. The molecular weight excluding hydrogens is 180 g/mol. The maximum absolute atomic E-state index is 11.2. The predicted octanol–water partition coefficient (Wildman–Crippen LogP) is 1.97. The molecule has 1 atom stereocenters. The van der Waals surface area contributed by atoms with Gasteiger partial charge in [-0.15, -0.1) is 0 Å². The number of methoxy groups -OCH3 is 2. The average Bonchev–Trinajstić information content (AvgIpc) is 2.27. The molecule has 0 saturated heterocycles. The average molecular weight is 194 g/mol. The summed E-state index contributed by atoms with van der Waals surface area (Å²) in [5.74, 6) is 0.256. The Balaban J connectivity index is 2.89. The summed E-state index contributed by atoms with van der Waals surface area (Å²) < 4.78 is 9.73. The fraction of sp³-hybridized carbons (Fsp3) is 0.364. The molecular formula is C11H14O3. The van der Waals surface area contributed by atoms with Gasteiger partial charge in [0.2, 0.25) is 0 Å². The Kier molecular flexibility index (Phi) is 3.51. The molecule has 0 unspecified atom stereocenters. The van der Waals surface area contributed by atoms with E-state index in [9.17, 15) is 4.79 Å². The predicted molar refractivity (Wildman–Crippen MR) is 53.4 cm³/mol. The highest BCUT2D eigenvalue weighted by atomic mass is 16.5. The number of hydrogen-bond acceptors (Lipinski definition) is 3. The topological polar surface area (TPSA) is 35.5 Å². The third-order valence-corrected chi connectivity index (χ3v) is 2.15. The van der Waals surface area contributed by atoms with Crippen molar-refractivity contribution in [1.29, 1.82) is 0 Å². The van der Waals surface area contributed by atoms with E-state index in [-0.39, 0.29) is 11.9 Å². The van der Waals surface area contributed by atoms with Crippen molar-refractivity contribution in [2.45, 2.75) is 12.8 Å². The highest BCUT2D eigenvalue weighted by molar-refractivity contribution is 5.77. The van der Waals surface area contributed by atoms with Gasteiger partial charge in [0.1, 0.15) is 5.75 Å². The van der Waals surface area contributed by atoms with Crippen LogP contribution in [0.25, 0.3) is 0 Å². The van der Waals surface area contributed by atoms with Crippen molar-refractivity contribution in [2.75, 3.05) is 14.2 Å². The number of ether oxygens (including phenoxy) is 2. The SMILES string of the molecule is COC(=O)[C@@H](C)c1cccc(OC)c1. The Bertz CT molecular complexity index is 320. The number of hydrogen-bond donors (Lipinski definition) is 0. The highest BCUT2D eigenvalue weighted by Crippen LogP contribution is 2.21. The summed E-state index contributed by atoms with van der Waals surface area (Å²) in [6, 6.07) is 7.41. The van der Waals surface area contributed by atoms with Gasteiger partial charge >= 0.3 is 5.97 Å². The fourth-order valence-corrected chi connectivity index (χ4v) is 1.22. The molecule has 0 aliphatic rings. The van der Waals surface area contributed by atoms with Crippen LogP contribution in [0.3, 0.4) is 0 Å². The van der Waals surface area contributed by atoms with Crippen molar-refractivity contribution in [2.24, 2.45) is 0 Å². The highest BCUT2D eigenvalue weighted by Gasteiger charge is 2.15. The lowest BCUT2D eigenvalue weighted by molar-refractivity contribution is -0.141. The smallest absolute Gasteiger partial charge is 0.312 e. The van der Waals surface area contributed by atoms with E-state index in [2.05, 4.69) is 4.74 Å². The van der Waals surface area contributed by atoms with Crippen LogP contribution in [-0.4, -0.2) is 20.2 Å². The van der Waals surface area contributed by atoms with Crippen LogP contribution in [0.5, 0.6) is 5.75 Å². The molecule has 14 heavy (non-hydrogen) atoms. The third kappa shape index (κ3) is 2.25. The number of rotatable bonds is 3. The molecule has 0 aliphatic heterocycles. The second-order valence-electron chi connectivity index (χ2n) is 3.02. The Morgan fingerprint density at radius 3 is 2.64 bits per heavy atom. The second kappa shape index (κ2) is 4.65. The van der Waals surface area contributed by atoms with Gasteiger partial charge in [0.05, 0.1) is 20.1 Å². The molecule has 0 fully saturated rings. The van der Waals surface area contributed by atoms with E-state index < -0.39 is 0 Å². The molecule has 76 valence electrons. The lowest BCUT2D eigenvalue weighted by atomic mass is 10.0. The van der Waals surface area contributed by atoms with Crippen molar-refractivity contribution in [3.8, 4) is 5.75 Å². The van der Waals surface area contributed by atoms with Gasteiger partial charge in [0, 0.05) is 0 Å². The largest absolute Gasteiger partial charge is 0.497 e. The van der Waals surface area contributed by atoms with E-state index in [1.165, 1.54) is 7.11 Å². The van der Waals surface area contributed by atoms with Gasteiger partial charge in [-0.1, -0.05) is 12.1 Å². The standard InChI is InChI=1S/C11H14O3/c1-8(11(12)14-3)9-5-4-6-10(7-9)13-2/h4-8H,1-3H3/t8-/m0/s1. The summed E-state index contributed by atoms with van der Waals surface area (Å²) in [7, 11) is 2.99. The monoisotopic (exact) mass is 194 g/mol. The molecule has 3 heteroatoms. The molecule has 0 saturated carbocycles. The van der Waals surface area contributed by atoms with Crippen LogP contribution in [0, 0.1) is 0 Å². The Hall–Kier alpha value is -1.51. The van der Waals surface area contributed by atoms with E-state index in [1.54, 1.807) is 14.0 Å². The van der Waals surface area contributed by atoms with Crippen molar-refractivity contribution >= 4 is 5.97 Å². The summed E-state index contributed by atoms with van der Waals surface area (Å²) >= 11 is 0. The minimum absolute atomic E-state index is 0.238. The minimum atomic E-state index is -0.255. The molecule has 3 nitrogen and oxygen atoms in total. The third-order valence-electron chi connectivity index (χ3n) is 2.15. The number of esters is 1. The molecule has 0 amide bonds. The van der Waals surface area contributed by atoms with Crippen LogP contribution in [0.1, 0.15) is 18.4 Å². The van der Waals surface area contributed by atoms with E-state index in [0.29, 0.717) is 0 Å². The Labute approximate surface area is 83.6 Å². The molecule has 0 heterocycles. The normalized spacial score (nSPS) is 11.9. The Morgan fingerprint density at radius 1 is 1.36 bits per heavy atom. The molecule has 0 N–H and O–H groups in total. The first kappa shape index (κ1) is 10.6. The number of carbonyl (C=O) groups is 1. The summed E-state index contributed by atoms with van der Waals surface area (Å²) in [5.41, 5.74) is 0.899. The van der Waals surface area contributed by atoms with Crippen molar-refractivity contribution in [3.05, 3.63) is 29.8 Å². The first-order valence-corrected chi connectivity index (χ1v) is 4.40. The second-order valence-corrected chi connectivity index (χ2v) is 3.02. The number of benzene rings is 1. The lowest BCUT2D eigenvalue weighted by Gasteiger charge is -2.10. The minimum Gasteiger partial charge on any atom is -0.497 e. The zero-order valence-corrected chi connectivity index (χ0v) is 8.61. The van der Waals surface area contributed by atoms with Crippen molar-refractivity contribution in [1.82, 2.24) is 0 Å². The molecule has 0 radical (unpaired) electrons. The summed E-state index contributed by atoms with van der Waals surface area (Å²) in [6.45, 7) is 1.81. The maximum Gasteiger partial charge on any atom is 0.312 e. The van der Waals surface area contributed by atoms with E-state index in [4.69, 9.17) is 4.74 Å². The van der Waals surface area contributed by atoms with Crippen LogP contribution >= 0.6 is 0 Å². The lowest BCUT2D eigenvalue weighted by Crippen LogP contribution is -2.10. The molecule has 0 aromatic heterocycles. The maximum atomic E-state index is 11.2. The van der Waals surface area contributed by atoms with Crippen LogP contribution < -0.4 is 4.74 Å². The van der Waals surface area contributed by atoms with Gasteiger partial charge in [-0.3, -0.25) is 4.79 Å². The molecule has 1 aromatic carbocycles. The van der Waals surface area contributed by atoms with Gasteiger partial charge in [-0.05, 0) is 24.6 Å². The van der Waals surface area contributed by atoms with Gasteiger partial charge in [0.15, 0.2) is 0 Å². The first-order valence-electron chi connectivity index (χ1n) is 4.40. The van der Waals surface area contributed by atoms with Crippen LogP contribution in [-0.2, 0) is 9.53 Å². The zero-order valence-electron chi connectivity index (χ0n) is 8.61. The van der Waals surface area contributed by atoms with E-state index in [1.807, 2.05) is 24.3 Å². The van der Waals surface area contributed by atoms with E-state index >= 15 is 0 Å².